The Bertz CT molecular complexity index is 402. The van der Waals surface area contributed by atoms with Crippen LogP contribution in [0, 0.1) is 0 Å². The van der Waals surface area contributed by atoms with Crippen LogP contribution in [0.15, 0.2) is 30.3 Å². The topological polar surface area (TPSA) is 55.6 Å². The average molecular weight is 276 g/mol. The second-order valence-electron chi connectivity index (χ2n) is 5.20. The molecule has 1 aromatic rings. The first-order valence-electron chi connectivity index (χ1n) is 7.48. The third-order valence-electron chi connectivity index (χ3n) is 3.66. The van der Waals surface area contributed by atoms with E-state index >= 15 is 0 Å². The van der Waals surface area contributed by atoms with Crippen molar-refractivity contribution >= 4 is 11.6 Å². The molecule has 2 N–H and O–H groups in total. The second kappa shape index (κ2) is 8.02. The first-order chi connectivity index (χ1) is 9.81. The molecule has 1 fully saturated rings. The number of carbonyl (C=O) groups is 1. The van der Waals surface area contributed by atoms with Crippen LogP contribution in [-0.2, 0) is 9.53 Å². The summed E-state index contributed by atoms with van der Waals surface area (Å²) in [6.07, 6.45) is 4.66. The molecule has 4 nitrogen and oxygen atoms in total. The lowest BCUT2D eigenvalue weighted by Crippen LogP contribution is -2.33. The number of benzene rings is 1. The standard InChI is InChI=1S/C16H24N2O2/c17-11-5-12-18(14-6-2-1-3-7-14)16(19)10-9-15-8-4-13-20-15/h1-3,6-7,15H,4-5,8-13,17H2. The van der Waals surface area contributed by atoms with E-state index in [1.54, 1.807) is 0 Å². The molecule has 2 rings (SSSR count). The fourth-order valence-corrected chi connectivity index (χ4v) is 2.55. The van der Waals surface area contributed by atoms with Crippen molar-refractivity contribution in [2.75, 3.05) is 24.6 Å². The smallest absolute Gasteiger partial charge is 0.227 e. The van der Waals surface area contributed by atoms with Crippen LogP contribution < -0.4 is 10.6 Å². The zero-order valence-electron chi connectivity index (χ0n) is 12.0. The predicted octanol–water partition coefficient (Wildman–Crippen LogP) is 2.33. The van der Waals surface area contributed by atoms with Crippen molar-refractivity contribution in [3.63, 3.8) is 0 Å². The number of carbonyl (C=O) groups excluding carboxylic acids is 1. The van der Waals surface area contributed by atoms with E-state index in [1.165, 1.54) is 0 Å². The lowest BCUT2D eigenvalue weighted by Gasteiger charge is -2.23. The number of amides is 1. The van der Waals surface area contributed by atoms with Gasteiger partial charge in [0.1, 0.15) is 0 Å². The van der Waals surface area contributed by atoms with Gasteiger partial charge in [-0.3, -0.25) is 4.79 Å². The molecule has 0 spiro atoms. The zero-order chi connectivity index (χ0) is 14.2. The van der Waals surface area contributed by atoms with Gasteiger partial charge in [-0.05, 0) is 44.4 Å². The fraction of sp³-hybridized carbons (Fsp3) is 0.562. The van der Waals surface area contributed by atoms with E-state index in [0.717, 1.165) is 38.0 Å². The highest BCUT2D eigenvalue weighted by Gasteiger charge is 2.20. The monoisotopic (exact) mass is 276 g/mol. The Morgan fingerprint density at radius 1 is 1.35 bits per heavy atom. The number of hydrogen-bond acceptors (Lipinski definition) is 3. The lowest BCUT2D eigenvalue weighted by atomic mass is 10.1. The van der Waals surface area contributed by atoms with Gasteiger partial charge in [-0.25, -0.2) is 0 Å². The van der Waals surface area contributed by atoms with Crippen LogP contribution in [0.3, 0.4) is 0 Å². The highest BCUT2D eigenvalue weighted by Crippen LogP contribution is 2.20. The molecule has 1 atom stereocenters. The third kappa shape index (κ3) is 4.32. The molecule has 20 heavy (non-hydrogen) atoms. The summed E-state index contributed by atoms with van der Waals surface area (Å²) in [5.74, 6) is 0.167. The van der Waals surface area contributed by atoms with Crippen molar-refractivity contribution in [1.82, 2.24) is 0 Å². The van der Waals surface area contributed by atoms with Gasteiger partial charge in [0.05, 0.1) is 6.10 Å². The first kappa shape index (κ1) is 15.0. The normalized spacial score (nSPS) is 18.1. The second-order valence-corrected chi connectivity index (χ2v) is 5.20. The first-order valence-corrected chi connectivity index (χ1v) is 7.48. The van der Waals surface area contributed by atoms with Gasteiger partial charge in [0.2, 0.25) is 5.91 Å². The molecule has 1 heterocycles. The molecule has 0 radical (unpaired) electrons. The molecule has 1 amide bonds. The van der Waals surface area contributed by atoms with Crippen LogP contribution in [0.25, 0.3) is 0 Å². The molecular weight excluding hydrogens is 252 g/mol. The Hall–Kier alpha value is -1.39. The number of nitrogens with zero attached hydrogens (tertiary/aromatic N) is 1. The quantitative estimate of drug-likeness (QED) is 0.831. The van der Waals surface area contributed by atoms with Gasteiger partial charge in [0.25, 0.3) is 0 Å². The van der Waals surface area contributed by atoms with Crippen LogP contribution in [0.2, 0.25) is 0 Å². The molecular formula is C16H24N2O2. The van der Waals surface area contributed by atoms with Crippen LogP contribution in [0.4, 0.5) is 5.69 Å². The van der Waals surface area contributed by atoms with Gasteiger partial charge >= 0.3 is 0 Å². The SMILES string of the molecule is NCCCN(C(=O)CCC1CCCO1)c1ccccc1. The summed E-state index contributed by atoms with van der Waals surface area (Å²) in [6.45, 7) is 2.13. The summed E-state index contributed by atoms with van der Waals surface area (Å²) in [5.41, 5.74) is 6.53. The minimum Gasteiger partial charge on any atom is -0.378 e. The molecule has 0 bridgehead atoms. The van der Waals surface area contributed by atoms with Gasteiger partial charge in [-0.2, -0.15) is 0 Å². The largest absolute Gasteiger partial charge is 0.378 e. The van der Waals surface area contributed by atoms with Crippen molar-refractivity contribution < 1.29 is 9.53 Å². The minimum atomic E-state index is 0.167. The Morgan fingerprint density at radius 3 is 2.80 bits per heavy atom. The zero-order valence-corrected chi connectivity index (χ0v) is 12.0. The third-order valence-corrected chi connectivity index (χ3v) is 3.66. The van der Waals surface area contributed by atoms with Crippen molar-refractivity contribution in [3.8, 4) is 0 Å². The van der Waals surface area contributed by atoms with Crippen LogP contribution in [0.1, 0.15) is 32.1 Å². The molecule has 1 aliphatic rings. The van der Waals surface area contributed by atoms with E-state index in [4.69, 9.17) is 10.5 Å². The summed E-state index contributed by atoms with van der Waals surface area (Å²) in [7, 11) is 0. The van der Waals surface area contributed by atoms with Crippen molar-refractivity contribution in [1.29, 1.82) is 0 Å². The highest BCUT2D eigenvalue weighted by atomic mass is 16.5. The predicted molar refractivity (Wildman–Crippen MR) is 80.7 cm³/mol. The Morgan fingerprint density at radius 2 is 2.15 bits per heavy atom. The van der Waals surface area contributed by atoms with E-state index in [1.807, 2.05) is 35.2 Å². The van der Waals surface area contributed by atoms with Crippen LogP contribution >= 0.6 is 0 Å². The van der Waals surface area contributed by atoms with E-state index in [0.29, 0.717) is 19.5 Å². The van der Waals surface area contributed by atoms with Gasteiger partial charge in [-0.1, -0.05) is 18.2 Å². The lowest BCUT2D eigenvalue weighted by molar-refractivity contribution is -0.119. The summed E-state index contributed by atoms with van der Waals surface area (Å²) in [6, 6.07) is 9.82. The highest BCUT2D eigenvalue weighted by molar-refractivity contribution is 5.93. The summed E-state index contributed by atoms with van der Waals surface area (Å²) in [5, 5.41) is 0. The van der Waals surface area contributed by atoms with Crippen molar-refractivity contribution in [2.45, 2.75) is 38.2 Å². The maximum Gasteiger partial charge on any atom is 0.227 e. The number of ether oxygens (including phenoxy) is 1. The molecule has 0 aromatic heterocycles. The molecule has 0 aliphatic carbocycles. The maximum absolute atomic E-state index is 12.4. The Kier molecular flexibility index (Phi) is 6.02. The Labute approximate surface area is 120 Å². The van der Waals surface area contributed by atoms with Gasteiger partial charge < -0.3 is 15.4 Å². The minimum absolute atomic E-state index is 0.167. The van der Waals surface area contributed by atoms with Crippen LogP contribution in [-0.4, -0.2) is 31.7 Å². The summed E-state index contributed by atoms with van der Waals surface area (Å²) >= 11 is 0. The number of rotatable bonds is 7. The van der Waals surface area contributed by atoms with Gasteiger partial charge in [0, 0.05) is 25.3 Å². The number of para-hydroxylation sites is 1. The van der Waals surface area contributed by atoms with Gasteiger partial charge in [0.15, 0.2) is 0 Å². The Balaban J connectivity index is 1.92. The molecule has 1 unspecified atom stereocenters. The maximum atomic E-state index is 12.4. The molecule has 4 heteroatoms. The summed E-state index contributed by atoms with van der Waals surface area (Å²) in [4.78, 5) is 14.3. The fourth-order valence-electron chi connectivity index (χ4n) is 2.55. The van der Waals surface area contributed by atoms with Gasteiger partial charge in [-0.15, -0.1) is 0 Å². The molecule has 0 saturated carbocycles. The molecule has 1 aliphatic heterocycles. The number of hydrogen-bond donors (Lipinski definition) is 1. The number of anilines is 1. The van der Waals surface area contributed by atoms with E-state index in [9.17, 15) is 4.79 Å². The average Bonchev–Trinajstić information content (AvgIpc) is 3.00. The molecule has 1 saturated heterocycles. The molecule has 1 aromatic carbocycles. The van der Waals surface area contributed by atoms with E-state index < -0.39 is 0 Å². The van der Waals surface area contributed by atoms with Crippen LogP contribution in [0.5, 0.6) is 0 Å². The van der Waals surface area contributed by atoms with Crippen molar-refractivity contribution in [2.24, 2.45) is 5.73 Å². The van der Waals surface area contributed by atoms with E-state index in [-0.39, 0.29) is 12.0 Å². The van der Waals surface area contributed by atoms with Crippen molar-refractivity contribution in [3.05, 3.63) is 30.3 Å². The summed E-state index contributed by atoms with van der Waals surface area (Å²) < 4.78 is 5.58. The molecule has 110 valence electrons. The van der Waals surface area contributed by atoms with E-state index in [2.05, 4.69) is 0 Å². The number of nitrogens with two attached hydrogens (primary N) is 1.